The van der Waals surface area contributed by atoms with E-state index in [0.29, 0.717) is 18.0 Å². The predicted molar refractivity (Wildman–Crippen MR) is 78.3 cm³/mol. The van der Waals surface area contributed by atoms with Crippen molar-refractivity contribution in [1.82, 2.24) is 9.46 Å². The summed E-state index contributed by atoms with van der Waals surface area (Å²) in [6.07, 6.45) is 3.06. The third-order valence-electron chi connectivity index (χ3n) is 3.26. The molecule has 0 atom stereocenters. The zero-order valence-electron chi connectivity index (χ0n) is 12.3. The molecule has 1 aliphatic rings. The fourth-order valence-corrected chi connectivity index (χ4v) is 3.88. The Balaban J connectivity index is 1.98. The largest absolute Gasteiger partial charge is 0.360 e. The van der Waals surface area contributed by atoms with Gasteiger partial charge in [-0.3, -0.25) is 4.79 Å². The minimum Gasteiger partial charge on any atom is -0.360 e. The smallest absolute Gasteiger partial charge is 0.240 e. The summed E-state index contributed by atoms with van der Waals surface area (Å²) in [5.41, 5.74) is 0. The quantitative estimate of drug-likeness (QED) is 0.785. The molecule has 0 bridgehead atoms. The van der Waals surface area contributed by atoms with Crippen molar-refractivity contribution < 1.29 is 17.7 Å². The number of amides is 1. The molecule has 2 rings (SSSR count). The van der Waals surface area contributed by atoms with E-state index in [-0.39, 0.29) is 18.3 Å². The van der Waals surface area contributed by atoms with Gasteiger partial charge in [-0.25, -0.2) is 8.42 Å². The van der Waals surface area contributed by atoms with E-state index >= 15 is 0 Å². The van der Waals surface area contributed by atoms with Gasteiger partial charge in [0, 0.05) is 12.1 Å². The van der Waals surface area contributed by atoms with E-state index in [0.717, 1.165) is 19.3 Å². The van der Waals surface area contributed by atoms with Crippen molar-refractivity contribution in [3.05, 3.63) is 11.8 Å². The van der Waals surface area contributed by atoms with E-state index in [4.69, 9.17) is 4.52 Å². The second-order valence-electron chi connectivity index (χ2n) is 5.32. The van der Waals surface area contributed by atoms with Crippen molar-refractivity contribution in [2.24, 2.45) is 0 Å². The minimum atomic E-state index is -3.37. The van der Waals surface area contributed by atoms with E-state index in [9.17, 15) is 13.2 Å². The number of hydrogen-bond acceptors (Lipinski definition) is 5. The highest BCUT2D eigenvalue weighted by Crippen LogP contribution is 2.29. The Hall–Kier alpha value is -1.41. The zero-order valence-corrected chi connectivity index (χ0v) is 13.1. The Labute approximate surface area is 124 Å². The maximum atomic E-state index is 12.3. The number of carbonyl (C=O) groups is 1. The first-order valence-electron chi connectivity index (χ1n) is 7.15. The first-order valence-corrected chi connectivity index (χ1v) is 8.76. The molecule has 1 heterocycles. The molecule has 0 radical (unpaired) electrons. The molecule has 1 aromatic heterocycles. The number of aromatic nitrogens is 1. The Morgan fingerprint density at radius 1 is 1.52 bits per heavy atom. The summed E-state index contributed by atoms with van der Waals surface area (Å²) in [7, 11) is -3.37. The maximum absolute atomic E-state index is 12.3. The number of nitrogens with one attached hydrogen (secondary N) is 1. The summed E-state index contributed by atoms with van der Waals surface area (Å²) in [5.74, 6) is 0.588. The third-order valence-corrected chi connectivity index (χ3v) is 5.21. The summed E-state index contributed by atoms with van der Waals surface area (Å²) in [4.78, 5) is 12.0. The van der Waals surface area contributed by atoms with E-state index < -0.39 is 15.9 Å². The summed E-state index contributed by atoms with van der Waals surface area (Å²) < 4.78 is 30.7. The van der Waals surface area contributed by atoms with Gasteiger partial charge in [0.25, 0.3) is 0 Å². The molecule has 0 spiro atoms. The van der Waals surface area contributed by atoms with Crippen LogP contribution in [-0.4, -0.2) is 42.1 Å². The lowest BCUT2D eigenvalue weighted by molar-refractivity contribution is -0.116. The molecule has 0 saturated heterocycles. The lowest BCUT2D eigenvalue weighted by atomic mass is 10.4. The fraction of sp³-hybridized carbons (Fsp3) is 0.692. The number of nitrogens with zero attached hydrogens (tertiary/aromatic N) is 2. The average Bonchev–Trinajstić information content (AvgIpc) is 3.17. The Kier molecular flexibility index (Phi) is 5.00. The molecule has 1 aromatic rings. The Morgan fingerprint density at radius 3 is 2.76 bits per heavy atom. The van der Waals surface area contributed by atoms with Crippen molar-refractivity contribution >= 4 is 21.7 Å². The summed E-state index contributed by atoms with van der Waals surface area (Å²) >= 11 is 0. The molecular formula is C13H21N3O4S. The van der Waals surface area contributed by atoms with Gasteiger partial charge in [-0.05, 0) is 26.2 Å². The van der Waals surface area contributed by atoms with Crippen LogP contribution < -0.4 is 5.32 Å². The van der Waals surface area contributed by atoms with Crippen LogP contribution in [-0.2, 0) is 14.8 Å². The van der Waals surface area contributed by atoms with Gasteiger partial charge in [0.2, 0.25) is 15.9 Å². The molecule has 0 aliphatic heterocycles. The molecule has 21 heavy (non-hydrogen) atoms. The highest BCUT2D eigenvalue weighted by molar-refractivity contribution is 7.89. The van der Waals surface area contributed by atoms with Gasteiger partial charge >= 0.3 is 0 Å². The summed E-state index contributed by atoms with van der Waals surface area (Å²) in [6, 6.07) is 1.56. The number of rotatable bonds is 8. The van der Waals surface area contributed by atoms with Crippen molar-refractivity contribution in [1.29, 1.82) is 0 Å². The monoisotopic (exact) mass is 315 g/mol. The number of carbonyl (C=O) groups excluding carboxylic acids is 1. The standard InChI is InChI=1S/C13H21N3O4S/c1-3-4-7-21(18,19)16(11-5-6-11)9-13(17)14-12-8-10(2)20-15-12/h8,11H,3-7,9H2,1-2H3,(H,14,15,17). The Morgan fingerprint density at radius 2 is 2.24 bits per heavy atom. The predicted octanol–water partition coefficient (Wildman–Crippen LogP) is 1.52. The Bertz CT molecular complexity index is 592. The second kappa shape index (κ2) is 6.57. The van der Waals surface area contributed by atoms with E-state index in [2.05, 4.69) is 10.5 Å². The van der Waals surface area contributed by atoms with Gasteiger partial charge < -0.3 is 9.84 Å². The van der Waals surface area contributed by atoms with Crippen LogP contribution in [0.4, 0.5) is 5.82 Å². The SMILES string of the molecule is CCCCS(=O)(=O)N(CC(=O)Nc1cc(C)on1)C1CC1. The van der Waals surface area contributed by atoms with Crippen LogP contribution in [0.2, 0.25) is 0 Å². The van der Waals surface area contributed by atoms with Gasteiger partial charge in [0.05, 0.1) is 12.3 Å². The number of aryl methyl sites for hydroxylation is 1. The molecule has 1 amide bonds. The number of hydrogen-bond donors (Lipinski definition) is 1. The van der Waals surface area contributed by atoms with Crippen molar-refractivity contribution in [3.8, 4) is 0 Å². The zero-order chi connectivity index (χ0) is 15.5. The van der Waals surface area contributed by atoms with E-state index in [1.807, 2.05) is 6.92 Å². The van der Waals surface area contributed by atoms with E-state index in [1.54, 1.807) is 13.0 Å². The van der Waals surface area contributed by atoms with Gasteiger partial charge in [-0.2, -0.15) is 4.31 Å². The van der Waals surface area contributed by atoms with Crippen LogP contribution in [0.1, 0.15) is 38.4 Å². The molecule has 0 aromatic carbocycles. The fourth-order valence-electron chi connectivity index (χ4n) is 2.01. The van der Waals surface area contributed by atoms with Crippen molar-refractivity contribution in [2.75, 3.05) is 17.6 Å². The third kappa shape index (κ3) is 4.53. The summed E-state index contributed by atoms with van der Waals surface area (Å²) in [5, 5.41) is 6.21. The van der Waals surface area contributed by atoms with E-state index in [1.165, 1.54) is 4.31 Å². The lowest BCUT2D eigenvalue weighted by Gasteiger charge is -2.20. The molecule has 0 unspecified atom stereocenters. The second-order valence-corrected chi connectivity index (χ2v) is 7.36. The molecule has 1 fully saturated rings. The topological polar surface area (TPSA) is 92.5 Å². The highest BCUT2D eigenvalue weighted by atomic mass is 32.2. The van der Waals surface area contributed by atoms with Crippen LogP contribution >= 0.6 is 0 Å². The average molecular weight is 315 g/mol. The van der Waals surface area contributed by atoms with Gasteiger partial charge in [0.15, 0.2) is 5.82 Å². The number of anilines is 1. The van der Waals surface area contributed by atoms with Crippen LogP contribution in [0.25, 0.3) is 0 Å². The van der Waals surface area contributed by atoms with Gasteiger partial charge in [-0.15, -0.1) is 0 Å². The van der Waals surface area contributed by atoms with Crippen LogP contribution in [0.5, 0.6) is 0 Å². The number of sulfonamides is 1. The van der Waals surface area contributed by atoms with Crippen LogP contribution in [0.3, 0.4) is 0 Å². The van der Waals surface area contributed by atoms with Gasteiger partial charge in [0.1, 0.15) is 5.76 Å². The molecule has 1 saturated carbocycles. The maximum Gasteiger partial charge on any atom is 0.240 e. The van der Waals surface area contributed by atoms with Crippen molar-refractivity contribution in [3.63, 3.8) is 0 Å². The minimum absolute atomic E-state index is 0.0309. The first-order chi connectivity index (χ1) is 9.92. The molecule has 8 heteroatoms. The molecule has 118 valence electrons. The first kappa shape index (κ1) is 16.0. The molecule has 7 nitrogen and oxygen atoms in total. The van der Waals surface area contributed by atoms with Gasteiger partial charge in [-0.1, -0.05) is 18.5 Å². The van der Waals surface area contributed by atoms with Crippen LogP contribution in [0, 0.1) is 6.92 Å². The van der Waals surface area contributed by atoms with Crippen LogP contribution in [0.15, 0.2) is 10.6 Å². The lowest BCUT2D eigenvalue weighted by Crippen LogP contribution is -2.40. The molecule has 1 N–H and O–H groups in total. The molecule has 1 aliphatic carbocycles. The normalized spacial score (nSPS) is 15.4. The summed E-state index contributed by atoms with van der Waals surface area (Å²) in [6.45, 7) is 3.49. The van der Waals surface area contributed by atoms with Crippen molar-refractivity contribution in [2.45, 2.75) is 45.6 Å². The highest BCUT2D eigenvalue weighted by Gasteiger charge is 2.38. The molecular weight excluding hydrogens is 294 g/mol. The number of unbranched alkanes of at least 4 members (excludes halogenated alkanes) is 1.